The minimum atomic E-state index is 1.07. The summed E-state index contributed by atoms with van der Waals surface area (Å²) < 4.78 is 0. The molecule has 3 aromatic rings. The molecule has 0 unspecified atom stereocenters. The predicted molar refractivity (Wildman–Crippen MR) is 95.8 cm³/mol. The molecule has 106 valence electrons. The maximum atomic E-state index is 3.21. The van der Waals surface area contributed by atoms with Gasteiger partial charge in [-0.2, -0.15) is 0 Å². The number of fused-ring (bicyclic) bond motifs is 1. The van der Waals surface area contributed by atoms with Gasteiger partial charge in [-0.05, 0) is 65.6 Å². The number of allylic oxidation sites excluding steroid dienone is 1. The van der Waals surface area contributed by atoms with Gasteiger partial charge in [0.1, 0.15) is 0 Å². The first kappa shape index (κ1) is 14.2. The molecule has 0 aliphatic heterocycles. The Morgan fingerprint density at radius 1 is 0.818 bits per heavy atom. The summed E-state index contributed by atoms with van der Waals surface area (Å²) in [5.41, 5.74) is 4.78. The molecule has 0 aliphatic carbocycles. The first-order valence-electron chi connectivity index (χ1n) is 7.46. The van der Waals surface area contributed by atoms with Gasteiger partial charge in [0.25, 0.3) is 0 Å². The van der Waals surface area contributed by atoms with Gasteiger partial charge < -0.3 is 0 Å². The van der Waals surface area contributed by atoms with Crippen molar-refractivity contribution in [2.75, 3.05) is 0 Å². The molecule has 0 spiro atoms. The van der Waals surface area contributed by atoms with Crippen LogP contribution in [0.3, 0.4) is 0 Å². The van der Waals surface area contributed by atoms with Gasteiger partial charge in [0, 0.05) is 5.56 Å². The molecule has 3 aromatic carbocycles. The Balaban J connectivity index is 1.87. The van der Waals surface area contributed by atoms with Gasteiger partial charge in [-0.15, -0.1) is 0 Å². The van der Waals surface area contributed by atoms with E-state index in [2.05, 4.69) is 92.4 Å². The lowest BCUT2D eigenvalue weighted by Crippen LogP contribution is -1.80. The molecule has 0 bridgehead atoms. The van der Waals surface area contributed by atoms with Crippen molar-refractivity contribution in [3.63, 3.8) is 0 Å². The molecule has 0 atom stereocenters. The summed E-state index contributed by atoms with van der Waals surface area (Å²) in [7, 11) is 0. The van der Waals surface area contributed by atoms with Crippen LogP contribution in [0.15, 0.2) is 66.7 Å². The molecule has 0 fully saturated rings. The summed E-state index contributed by atoms with van der Waals surface area (Å²) in [4.78, 5) is 0. The SMILES string of the molecule is Cc1cc(C)cc(C#C/C=C\c2cccc3ccccc23)c1. The fraction of sp³-hybridized carbons (Fsp3) is 0.0909. The van der Waals surface area contributed by atoms with E-state index in [1.54, 1.807) is 0 Å². The lowest BCUT2D eigenvalue weighted by atomic mass is 10.0. The third-order valence-electron chi connectivity index (χ3n) is 3.61. The second-order valence-electron chi connectivity index (χ2n) is 5.55. The van der Waals surface area contributed by atoms with Crippen molar-refractivity contribution in [3.8, 4) is 11.8 Å². The number of benzene rings is 3. The molecule has 0 saturated heterocycles. The maximum absolute atomic E-state index is 3.21. The Bertz CT molecular complexity index is 876. The minimum absolute atomic E-state index is 1.07. The van der Waals surface area contributed by atoms with E-state index in [0.717, 1.165) is 5.56 Å². The molecule has 0 heterocycles. The highest BCUT2D eigenvalue weighted by Crippen LogP contribution is 2.19. The van der Waals surface area contributed by atoms with Gasteiger partial charge in [0.2, 0.25) is 0 Å². The molecular formula is C22H18. The van der Waals surface area contributed by atoms with Crippen LogP contribution in [-0.2, 0) is 0 Å². The van der Waals surface area contributed by atoms with Crippen LogP contribution < -0.4 is 0 Å². The Labute approximate surface area is 132 Å². The van der Waals surface area contributed by atoms with Crippen LogP contribution >= 0.6 is 0 Å². The Morgan fingerprint density at radius 3 is 2.36 bits per heavy atom. The summed E-state index contributed by atoms with van der Waals surface area (Å²) in [6.07, 6.45) is 4.01. The van der Waals surface area contributed by atoms with E-state index in [4.69, 9.17) is 0 Å². The highest BCUT2D eigenvalue weighted by molar-refractivity contribution is 5.90. The third-order valence-corrected chi connectivity index (χ3v) is 3.61. The lowest BCUT2D eigenvalue weighted by molar-refractivity contribution is 1.37. The van der Waals surface area contributed by atoms with Gasteiger partial charge >= 0.3 is 0 Å². The van der Waals surface area contributed by atoms with Gasteiger partial charge in [-0.3, -0.25) is 0 Å². The monoisotopic (exact) mass is 282 g/mol. The molecular weight excluding hydrogens is 264 g/mol. The average molecular weight is 282 g/mol. The average Bonchev–Trinajstić information content (AvgIpc) is 2.51. The van der Waals surface area contributed by atoms with Crippen molar-refractivity contribution >= 4 is 16.8 Å². The van der Waals surface area contributed by atoms with Crippen LogP contribution in [0, 0.1) is 25.7 Å². The Morgan fingerprint density at radius 2 is 1.55 bits per heavy atom. The minimum Gasteiger partial charge on any atom is -0.0696 e. The topological polar surface area (TPSA) is 0 Å². The standard InChI is InChI=1S/C22H18/c1-17-14-18(2)16-19(15-17)8-3-4-9-20-11-7-12-21-10-5-6-13-22(20)21/h4-7,9-16H,1-2H3/b9-4-. The van der Waals surface area contributed by atoms with E-state index >= 15 is 0 Å². The molecule has 0 heteroatoms. The summed E-state index contributed by atoms with van der Waals surface area (Å²) in [5.74, 6) is 6.35. The fourth-order valence-corrected chi connectivity index (χ4v) is 2.70. The molecule has 0 saturated carbocycles. The van der Waals surface area contributed by atoms with Crippen molar-refractivity contribution in [2.45, 2.75) is 13.8 Å². The zero-order valence-electron chi connectivity index (χ0n) is 12.9. The summed E-state index contributed by atoms with van der Waals surface area (Å²) in [5, 5.41) is 2.52. The van der Waals surface area contributed by atoms with Crippen molar-refractivity contribution in [1.29, 1.82) is 0 Å². The lowest BCUT2D eigenvalue weighted by Gasteiger charge is -2.00. The fourth-order valence-electron chi connectivity index (χ4n) is 2.70. The van der Waals surface area contributed by atoms with Crippen molar-refractivity contribution in [1.82, 2.24) is 0 Å². The van der Waals surface area contributed by atoms with Crippen molar-refractivity contribution < 1.29 is 0 Å². The second kappa shape index (κ2) is 6.33. The summed E-state index contributed by atoms with van der Waals surface area (Å²) >= 11 is 0. The highest BCUT2D eigenvalue weighted by atomic mass is 14.0. The zero-order valence-corrected chi connectivity index (χ0v) is 12.9. The molecule has 0 nitrogen and oxygen atoms in total. The Kier molecular flexibility index (Phi) is 4.08. The number of hydrogen-bond acceptors (Lipinski definition) is 0. The highest BCUT2D eigenvalue weighted by Gasteiger charge is 1.95. The normalized spacial score (nSPS) is 10.6. The quantitative estimate of drug-likeness (QED) is 0.515. The van der Waals surface area contributed by atoms with Gasteiger partial charge in [-0.1, -0.05) is 60.4 Å². The van der Waals surface area contributed by atoms with E-state index in [0.29, 0.717) is 0 Å². The van der Waals surface area contributed by atoms with Crippen molar-refractivity contribution in [3.05, 3.63) is 89.0 Å². The van der Waals surface area contributed by atoms with E-state index in [1.165, 1.54) is 27.5 Å². The van der Waals surface area contributed by atoms with Crippen LogP contribution in [0.5, 0.6) is 0 Å². The van der Waals surface area contributed by atoms with Crippen LogP contribution in [0.25, 0.3) is 16.8 Å². The molecule has 0 aliphatic rings. The van der Waals surface area contributed by atoms with E-state index in [9.17, 15) is 0 Å². The number of rotatable bonds is 1. The van der Waals surface area contributed by atoms with Gasteiger partial charge in [0.15, 0.2) is 0 Å². The van der Waals surface area contributed by atoms with Crippen LogP contribution in [0.4, 0.5) is 0 Å². The summed E-state index contributed by atoms with van der Waals surface area (Å²) in [6, 6.07) is 21.1. The zero-order chi connectivity index (χ0) is 15.4. The van der Waals surface area contributed by atoms with Crippen LogP contribution in [0.1, 0.15) is 22.3 Å². The second-order valence-corrected chi connectivity index (χ2v) is 5.55. The predicted octanol–water partition coefficient (Wildman–Crippen LogP) is 5.52. The molecule has 0 N–H and O–H groups in total. The van der Waals surface area contributed by atoms with Crippen LogP contribution in [0.2, 0.25) is 0 Å². The largest absolute Gasteiger partial charge is 0.0696 e. The van der Waals surface area contributed by atoms with Crippen LogP contribution in [-0.4, -0.2) is 0 Å². The first-order valence-corrected chi connectivity index (χ1v) is 7.46. The van der Waals surface area contributed by atoms with E-state index in [1.807, 2.05) is 6.08 Å². The van der Waals surface area contributed by atoms with Crippen molar-refractivity contribution in [2.24, 2.45) is 0 Å². The van der Waals surface area contributed by atoms with E-state index in [-0.39, 0.29) is 0 Å². The first-order chi connectivity index (χ1) is 10.7. The Hall–Kier alpha value is -2.78. The number of hydrogen-bond donors (Lipinski definition) is 0. The molecule has 22 heavy (non-hydrogen) atoms. The number of aryl methyl sites for hydroxylation is 2. The molecule has 0 aromatic heterocycles. The maximum Gasteiger partial charge on any atom is 0.0254 e. The molecule has 3 rings (SSSR count). The van der Waals surface area contributed by atoms with Gasteiger partial charge in [-0.25, -0.2) is 0 Å². The molecule has 0 amide bonds. The molecule has 0 radical (unpaired) electrons. The smallest absolute Gasteiger partial charge is 0.0254 e. The summed E-state index contributed by atoms with van der Waals surface area (Å²) in [6.45, 7) is 4.20. The third kappa shape index (κ3) is 3.27. The van der Waals surface area contributed by atoms with E-state index < -0.39 is 0 Å². The van der Waals surface area contributed by atoms with Gasteiger partial charge in [0.05, 0.1) is 0 Å².